The van der Waals surface area contributed by atoms with E-state index in [1.54, 1.807) is 4.90 Å². The second kappa shape index (κ2) is 8.57. The van der Waals surface area contributed by atoms with Crippen LogP contribution in [0.4, 0.5) is 36.6 Å². The topological polar surface area (TPSA) is 67.2 Å². The number of aromatic nitrogens is 4. The van der Waals surface area contributed by atoms with Gasteiger partial charge >= 0.3 is 12.4 Å². The average Bonchev–Trinajstić information content (AvgIpc) is 3.25. The van der Waals surface area contributed by atoms with Gasteiger partial charge in [0.2, 0.25) is 0 Å². The Bertz CT molecular complexity index is 1160. The van der Waals surface area contributed by atoms with Crippen LogP contribution >= 0.6 is 0 Å². The molecule has 1 aliphatic rings. The average molecular weight is 488 g/mol. The molecule has 2 aromatic heterocycles. The Morgan fingerprint density at radius 3 is 2.03 bits per heavy atom. The third-order valence-electron chi connectivity index (χ3n) is 5.18. The molecule has 1 fully saturated rings. The van der Waals surface area contributed by atoms with E-state index in [2.05, 4.69) is 15.3 Å². The van der Waals surface area contributed by atoms with Gasteiger partial charge in [-0.05, 0) is 36.4 Å². The van der Waals surface area contributed by atoms with Crippen molar-refractivity contribution in [3.05, 3.63) is 65.4 Å². The molecule has 0 bridgehead atoms. The first-order valence-electron chi connectivity index (χ1n) is 9.81. The highest BCUT2D eigenvalue weighted by molar-refractivity contribution is 5.93. The minimum atomic E-state index is -4.98. The van der Waals surface area contributed by atoms with Crippen molar-refractivity contribution in [3.63, 3.8) is 0 Å². The van der Waals surface area contributed by atoms with Gasteiger partial charge in [0.15, 0.2) is 11.4 Å². The Hall–Kier alpha value is -3.71. The van der Waals surface area contributed by atoms with Crippen molar-refractivity contribution >= 4 is 11.7 Å². The number of hydrogen-bond donors (Lipinski definition) is 0. The van der Waals surface area contributed by atoms with E-state index in [4.69, 9.17) is 0 Å². The van der Waals surface area contributed by atoms with Crippen LogP contribution in [0.5, 0.6) is 0 Å². The number of rotatable bonds is 3. The van der Waals surface area contributed by atoms with Crippen LogP contribution in [-0.4, -0.2) is 57.0 Å². The van der Waals surface area contributed by atoms with E-state index >= 15 is 0 Å². The van der Waals surface area contributed by atoms with Crippen molar-refractivity contribution < 1.29 is 35.5 Å². The lowest BCUT2D eigenvalue weighted by atomic mass is 10.2. The smallest absolute Gasteiger partial charge is 0.353 e. The van der Waals surface area contributed by atoms with Crippen molar-refractivity contribution in [2.45, 2.75) is 12.4 Å². The Balaban J connectivity index is 1.51. The Kier molecular flexibility index (Phi) is 5.91. The number of carbonyl (C=O) groups is 1. The van der Waals surface area contributed by atoms with Gasteiger partial charge in [0.05, 0.1) is 11.3 Å². The minimum Gasteiger partial charge on any atom is -0.353 e. The number of amides is 1. The second-order valence-corrected chi connectivity index (χ2v) is 7.35. The first-order valence-corrected chi connectivity index (χ1v) is 9.81. The summed E-state index contributed by atoms with van der Waals surface area (Å²) in [5.74, 6) is -1.41. The predicted molar refractivity (Wildman–Crippen MR) is 104 cm³/mol. The number of piperazine rings is 1. The van der Waals surface area contributed by atoms with Crippen LogP contribution in [0.25, 0.3) is 5.69 Å². The van der Waals surface area contributed by atoms with Gasteiger partial charge in [-0.25, -0.2) is 14.1 Å². The zero-order chi connectivity index (χ0) is 24.7. The molecule has 34 heavy (non-hydrogen) atoms. The molecule has 1 saturated heterocycles. The van der Waals surface area contributed by atoms with Crippen LogP contribution in [0.1, 0.15) is 21.7 Å². The second-order valence-electron chi connectivity index (χ2n) is 7.35. The van der Waals surface area contributed by atoms with Crippen LogP contribution in [0.2, 0.25) is 0 Å². The number of anilines is 1. The number of halogens is 7. The molecule has 0 N–H and O–H groups in total. The van der Waals surface area contributed by atoms with Gasteiger partial charge in [-0.3, -0.25) is 4.79 Å². The molecule has 3 aromatic rings. The third kappa shape index (κ3) is 4.65. The van der Waals surface area contributed by atoms with Gasteiger partial charge in [0.1, 0.15) is 11.6 Å². The quantitative estimate of drug-likeness (QED) is 0.525. The van der Waals surface area contributed by atoms with Crippen LogP contribution in [-0.2, 0) is 12.4 Å². The fraction of sp³-hybridized carbons (Fsp3) is 0.300. The molecule has 14 heteroatoms. The molecular formula is C20H15F7N6O. The van der Waals surface area contributed by atoms with Crippen molar-refractivity contribution in [3.8, 4) is 5.69 Å². The zero-order valence-corrected chi connectivity index (χ0v) is 17.1. The predicted octanol–water partition coefficient (Wildman–Crippen LogP) is 3.80. The molecule has 0 spiro atoms. The summed E-state index contributed by atoms with van der Waals surface area (Å²) in [7, 11) is 0. The Labute approximate surface area is 187 Å². The molecule has 0 aliphatic carbocycles. The van der Waals surface area contributed by atoms with Gasteiger partial charge in [-0.2, -0.15) is 26.3 Å². The highest BCUT2D eigenvalue weighted by atomic mass is 19.4. The van der Waals surface area contributed by atoms with Crippen molar-refractivity contribution in [1.82, 2.24) is 24.9 Å². The maximum atomic E-state index is 13.8. The van der Waals surface area contributed by atoms with Crippen LogP contribution < -0.4 is 4.90 Å². The van der Waals surface area contributed by atoms with Gasteiger partial charge in [0.25, 0.3) is 5.91 Å². The van der Waals surface area contributed by atoms with Crippen LogP contribution in [0.15, 0.2) is 42.6 Å². The number of alkyl halides is 6. The highest BCUT2D eigenvalue weighted by Gasteiger charge is 2.43. The van der Waals surface area contributed by atoms with Gasteiger partial charge in [-0.1, -0.05) is 5.21 Å². The zero-order valence-electron chi connectivity index (χ0n) is 17.1. The lowest BCUT2D eigenvalue weighted by molar-refractivity contribution is -0.143. The van der Waals surface area contributed by atoms with Gasteiger partial charge in [0, 0.05) is 32.4 Å². The van der Waals surface area contributed by atoms with E-state index in [-0.39, 0.29) is 37.7 Å². The van der Waals surface area contributed by atoms with Crippen molar-refractivity contribution in [2.24, 2.45) is 0 Å². The Morgan fingerprint density at radius 2 is 1.50 bits per heavy atom. The molecule has 0 atom stereocenters. The fourth-order valence-electron chi connectivity index (χ4n) is 3.47. The molecule has 4 rings (SSSR count). The van der Waals surface area contributed by atoms with E-state index in [1.807, 2.05) is 0 Å². The number of hydrogen-bond acceptors (Lipinski definition) is 5. The highest BCUT2D eigenvalue weighted by Crippen LogP contribution is 2.34. The molecule has 0 radical (unpaired) electrons. The summed E-state index contributed by atoms with van der Waals surface area (Å²) in [6.07, 6.45) is -8.82. The van der Waals surface area contributed by atoms with E-state index < -0.39 is 41.0 Å². The molecule has 1 aromatic carbocycles. The van der Waals surface area contributed by atoms with E-state index in [0.717, 1.165) is 35.2 Å². The number of benzene rings is 1. The summed E-state index contributed by atoms with van der Waals surface area (Å²) < 4.78 is 93.1. The maximum Gasteiger partial charge on any atom is 0.435 e. The van der Waals surface area contributed by atoms with E-state index in [1.165, 1.54) is 6.07 Å². The van der Waals surface area contributed by atoms with Crippen molar-refractivity contribution in [1.29, 1.82) is 0 Å². The lowest BCUT2D eigenvalue weighted by Gasteiger charge is -2.35. The standard InChI is InChI=1S/C20H15F7N6O/c21-13-2-4-14(5-3-13)33-17(20(25,26)27)16(29-30-33)18(34)32-9-7-31(8-10-32)15-6-1-12(11-28-15)19(22,23)24/h1-6,11H,7-10H2. The fourth-order valence-corrected chi connectivity index (χ4v) is 3.47. The summed E-state index contributed by atoms with van der Waals surface area (Å²) >= 11 is 0. The number of carbonyl (C=O) groups excluding carboxylic acids is 1. The molecule has 180 valence electrons. The van der Waals surface area contributed by atoms with E-state index in [9.17, 15) is 35.5 Å². The molecule has 7 nitrogen and oxygen atoms in total. The summed E-state index contributed by atoms with van der Waals surface area (Å²) in [6, 6.07) is 6.12. The van der Waals surface area contributed by atoms with Gasteiger partial charge < -0.3 is 9.80 Å². The van der Waals surface area contributed by atoms with E-state index in [0.29, 0.717) is 10.9 Å². The van der Waals surface area contributed by atoms with Gasteiger partial charge in [-0.15, -0.1) is 5.10 Å². The third-order valence-corrected chi connectivity index (χ3v) is 5.18. The SMILES string of the molecule is O=C(c1nnn(-c2ccc(F)cc2)c1C(F)(F)F)N1CCN(c2ccc(C(F)(F)F)cn2)CC1. The first kappa shape index (κ1) is 23.4. The molecule has 1 amide bonds. The number of nitrogens with zero attached hydrogens (tertiary/aromatic N) is 6. The summed E-state index contributed by atoms with van der Waals surface area (Å²) in [4.78, 5) is 19.4. The van der Waals surface area contributed by atoms with Crippen LogP contribution in [0.3, 0.4) is 0 Å². The Morgan fingerprint density at radius 1 is 0.853 bits per heavy atom. The normalized spacial score (nSPS) is 15.0. The summed E-state index contributed by atoms with van der Waals surface area (Å²) in [5, 5.41) is 6.90. The molecule has 1 aliphatic heterocycles. The maximum absolute atomic E-state index is 13.8. The number of pyridine rings is 1. The summed E-state index contributed by atoms with van der Waals surface area (Å²) in [6.45, 7) is 0.250. The first-order chi connectivity index (χ1) is 15.9. The van der Waals surface area contributed by atoms with Crippen LogP contribution in [0, 0.1) is 5.82 Å². The lowest BCUT2D eigenvalue weighted by Crippen LogP contribution is -2.49. The molecule has 0 saturated carbocycles. The monoisotopic (exact) mass is 488 g/mol. The molecule has 0 unspecified atom stereocenters. The minimum absolute atomic E-state index is 0.0117. The largest absolute Gasteiger partial charge is 0.435 e. The molecular weight excluding hydrogens is 473 g/mol. The summed E-state index contributed by atoms with van der Waals surface area (Å²) in [5.41, 5.74) is -3.33. The molecule has 3 heterocycles. The van der Waals surface area contributed by atoms with Crippen molar-refractivity contribution in [2.75, 3.05) is 31.1 Å².